The van der Waals surface area contributed by atoms with E-state index >= 15 is 0 Å². The summed E-state index contributed by atoms with van der Waals surface area (Å²) in [5, 5.41) is 21.3. The highest BCUT2D eigenvalue weighted by Gasteiger charge is 2.30. The number of amidine groups is 1. The molecule has 0 spiro atoms. The normalized spacial score (nSPS) is 15.5. The van der Waals surface area contributed by atoms with Crippen molar-refractivity contribution in [2.24, 2.45) is 20.5 Å². The van der Waals surface area contributed by atoms with Gasteiger partial charge in [0.15, 0.2) is 11.5 Å². The summed E-state index contributed by atoms with van der Waals surface area (Å²) in [6.07, 6.45) is -3.21. The molecule has 18 heavy (non-hydrogen) atoms. The Morgan fingerprint density at radius 1 is 1.17 bits per heavy atom. The summed E-state index contributed by atoms with van der Waals surface area (Å²) in [5.41, 5.74) is -0.651. The van der Waals surface area contributed by atoms with Gasteiger partial charge in [0, 0.05) is 0 Å². The van der Waals surface area contributed by atoms with E-state index in [-0.39, 0.29) is 17.2 Å². The summed E-state index contributed by atoms with van der Waals surface area (Å²) in [6.45, 7) is 0. The zero-order valence-electron chi connectivity index (χ0n) is 8.81. The van der Waals surface area contributed by atoms with Crippen LogP contribution in [0.15, 0.2) is 56.6 Å². The molecule has 2 rings (SSSR count). The zero-order valence-corrected chi connectivity index (χ0v) is 8.81. The molecule has 1 N–H and O–H groups in total. The fourth-order valence-electron chi connectivity index (χ4n) is 1.18. The van der Waals surface area contributed by atoms with Crippen molar-refractivity contribution in [3.63, 3.8) is 0 Å². The Balaban J connectivity index is 2.20. The standard InChI is InChI=1S/C10H6F3N5/c11-10(12,13)6-2-1-3-7(4-6)16-17-8-5-15-18-9(8)14/h1-5,14H. The minimum absolute atomic E-state index is 0.0467. The van der Waals surface area contributed by atoms with E-state index in [0.29, 0.717) is 0 Å². The maximum Gasteiger partial charge on any atom is 0.416 e. The summed E-state index contributed by atoms with van der Waals surface area (Å²) >= 11 is 0. The van der Waals surface area contributed by atoms with Gasteiger partial charge in [-0.15, -0.1) is 10.2 Å². The van der Waals surface area contributed by atoms with Crippen LogP contribution in [0.3, 0.4) is 0 Å². The molecule has 92 valence electrons. The van der Waals surface area contributed by atoms with E-state index in [1.807, 2.05) is 0 Å². The Hall–Kier alpha value is -2.38. The molecule has 8 heteroatoms. The van der Waals surface area contributed by atoms with Crippen molar-refractivity contribution in [2.45, 2.75) is 6.18 Å². The van der Waals surface area contributed by atoms with Crippen molar-refractivity contribution >= 4 is 11.5 Å². The van der Waals surface area contributed by atoms with E-state index < -0.39 is 11.7 Å². The van der Waals surface area contributed by atoms with Gasteiger partial charge in [0.2, 0.25) is 0 Å². The molecule has 1 aliphatic rings. The third kappa shape index (κ3) is 2.65. The monoisotopic (exact) mass is 253 g/mol. The Labute approximate surface area is 99.3 Å². The van der Waals surface area contributed by atoms with Crippen molar-refractivity contribution in [3.05, 3.63) is 41.7 Å². The number of nitrogens with zero attached hydrogens (tertiary/aromatic N) is 4. The molecule has 1 aliphatic heterocycles. The molecule has 0 atom stereocenters. The molecule has 0 unspecified atom stereocenters. The van der Waals surface area contributed by atoms with Crippen molar-refractivity contribution < 1.29 is 13.2 Å². The van der Waals surface area contributed by atoms with E-state index in [1.165, 1.54) is 18.3 Å². The fourth-order valence-corrected chi connectivity index (χ4v) is 1.18. The van der Waals surface area contributed by atoms with Gasteiger partial charge in [0.05, 0.1) is 17.5 Å². The topological polar surface area (TPSA) is 73.3 Å². The lowest BCUT2D eigenvalue weighted by Crippen LogP contribution is -2.03. The van der Waals surface area contributed by atoms with Crippen LogP contribution in [-0.4, -0.2) is 5.84 Å². The van der Waals surface area contributed by atoms with Crippen LogP contribution < -0.4 is 0 Å². The Kier molecular flexibility index (Phi) is 3.00. The molecular weight excluding hydrogens is 247 g/mol. The number of azo groups is 2. The molecule has 0 aliphatic carbocycles. The number of hydrogen-bond donors (Lipinski definition) is 1. The molecule has 5 nitrogen and oxygen atoms in total. The van der Waals surface area contributed by atoms with Crippen LogP contribution in [0.1, 0.15) is 5.56 Å². The molecule has 0 aromatic heterocycles. The number of alkyl halides is 3. The van der Waals surface area contributed by atoms with Crippen molar-refractivity contribution in [1.29, 1.82) is 5.41 Å². The maximum absolute atomic E-state index is 12.4. The average molecular weight is 253 g/mol. The predicted molar refractivity (Wildman–Crippen MR) is 56.6 cm³/mol. The van der Waals surface area contributed by atoms with Gasteiger partial charge in [0.1, 0.15) is 0 Å². The first-order valence-corrected chi connectivity index (χ1v) is 4.76. The van der Waals surface area contributed by atoms with Crippen LogP contribution in [0.25, 0.3) is 0 Å². The van der Waals surface area contributed by atoms with E-state index in [4.69, 9.17) is 5.41 Å². The second kappa shape index (κ2) is 4.47. The highest BCUT2D eigenvalue weighted by Crippen LogP contribution is 2.31. The summed E-state index contributed by atoms with van der Waals surface area (Å²) < 4.78 is 37.3. The number of nitrogens with one attached hydrogen (secondary N) is 1. The minimum Gasteiger partial charge on any atom is -0.279 e. The highest BCUT2D eigenvalue weighted by atomic mass is 19.4. The van der Waals surface area contributed by atoms with Gasteiger partial charge in [-0.2, -0.15) is 23.4 Å². The highest BCUT2D eigenvalue weighted by molar-refractivity contribution is 5.97. The Bertz CT molecular complexity index is 571. The molecule has 0 amide bonds. The first-order chi connectivity index (χ1) is 8.47. The molecule has 0 fully saturated rings. The lowest BCUT2D eigenvalue weighted by molar-refractivity contribution is -0.137. The minimum atomic E-state index is -4.42. The number of hydrogen-bond acceptors (Lipinski definition) is 4. The summed E-state index contributed by atoms with van der Waals surface area (Å²) in [7, 11) is 0. The quantitative estimate of drug-likeness (QED) is 0.771. The third-order valence-electron chi connectivity index (χ3n) is 2.03. The molecule has 0 saturated carbocycles. The van der Waals surface area contributed by atoms with E-state index in [2.05, 4.69) is 20.5 Å². The second-order valence-electron chi connectivity index (χ2n) is 3.33. The molecule has 1 heterocycles. The van der Waals surface area contributed by atoms with E-state index in [1.54, 1.807) is 0 Å². The molecular formula is C10H6F3N5. The van der Waals surface area contributed by atoms with Crippen LogP contribution in [0.2, 0.25) is 0 Å². The lowest BCUT2D eigenvalue weighted by Gasteiger charge is -2.05. The molecule has 0 bridgehead atoms. The fraction of sp³-hybridized carbons (Fsp3) is 0.100. The van der Waals surface area contributed by atoms with Crippen molar-refractivity contribution in [2.75, 3.05) is 0 Å². The van der Waals surface area contributed by atoms with Gasteiger partial charge in [-0.25, -0.2) is 0 Å². The molecule has 1 aromatic rings. The second-order valence-corrected chi connectivity index (χ2v) is 3.33. The van der Waals surface area contributed by atoms with E-state index in [0.717, 1.165) is 12.1 Å². The smallest absolute Gasteiger partial charge is 0.279 e. The number of halogens is 3. The van der Waals surface area contributed by atoms with Crippen LogP contribution in [0, 0.1) is 5.41 Å². The van der Waals surface area contributed by atoms with Gasteiger partial charge < -0.3 is 0 Å². The van der Waals surface area contributed by atoms with Gasteiger partial charge in [0.25, 0.3) is 0 Å². The molecule has 0 saturated heterocycles. The van der Waals surface area contributed by atoms with E-state index in [9.17, 15) is 13.2 Å². The van der Waals surface area contributed by atoms with Crippen LogP contribution in [0.4, 0.5) is 18.9 Å². The van der Waals surface area contributed by atoms with Gasteiger partial charge in [-0.1, -0.05) is 6.07 Å². The first-order valence-electron chi connectivity index (χ1n) is 4.76. The predicted octanol–water partition coefficient (Wildman–Crippen LogP) is 4.07. The SMILES string of the molecule is N=C1N=NC=C1N=Nc1cccc(C(F)(F)F)c1. The van der Waals surface area contributed by atoms with Gasteiger partial charge >= 0.3 is 6.18 Å². The maximum atomic E-state index is 12.4. The number of benzene rings is 1. The van der Waals surface area contributed by atoms with Crippen LogP contribution in [-0.2, 0) is 6.18 Å². The number of rotatable bonds is 2. The summed E-state index contributed by atoms with van der Waals surface area (Å²) in [4.78, 5) is 0. The summed E-state index contributed by atoms with van der Waals surface area (Å²) in [6, 6.07) is 4.43. The zero-order chi connectivity index (χ0) is 13.2. The Morgan fingerprint density at radius 3 is 2.56 bits per heavy atom. The summed E-state index contributed by atoms with van der Waals surface area (Å²) in [5.74, 6) is -0.175. The molecule has 0 radical (unpaired) electrons. The van der Waals surface area contributed by atoms with Crippen molar-refractivity contribution in [3.8, 4) is 0 Å². The molecule has 1 aromatic carbocycles. The lowest BCUT2D eigenvalue weighted by atomic mass is 10.2. The van der Waals surface area contributed by atoms with Crippen LogP contribution in [0.5, 0.6) is 0 Å². The first kappa shape index (κ1) is 12.1. The Morgan fingerprint density at radius 2 is 1.94 bits per heavy atom. The average Bonchev–Trinajstić information content (AvgIpc) is 2.72. The largest absolute Gasteiger partial charge is 0.416 e. The van der Waals surface area contributed by atoms with Gasteiger partial charge in [-0.3, -0.25) is 5.41 Å². The van der Waals surface area contributed by atoms with Gasteiger partial charge in [-0.05, 0) is 18.2 Å². The van der Waals surface area contributed by atoms with Crippen LogP contribution >= 0.6 is 0 Å². The third-order valence-corrected chi connectivity index (χ3v) is 2.03. The van der Waals surface area contributed by atoms with Crippen molar-refractivity contribution in [1.82, 2.24) is 0 Å².